The summed E-state index contributed by atoms with van der Waals surface area (Å²) in [6.45, 7) is 6.06. The molecule has 0 fully saturated rings. The lowest BCUT2D eigenvalue weighted by molar-refractivity contribution is -0.123. The third kappa shape index (κ3) is 3.86. The van der Waals surface area contributed by atoms with Crippen LogP contribution in [0.3, 0.4) is 0 Å². The number of nitrogens with two attached hydrogens (primary N) is 1. The molecule has 3 nitrogen and oxygen atoms in total. The van der Waals surface area contributed by atoms with Crippen molar-refractivity contribution in [1.29, 1.82) is 0 Å². The molecular formula is C14H22N2O. The minimum Gasteiger partial charge on any atom is -0.348 e. The van der Waals surface area contributed by atoms with Crippen molar-refractivity contribution in [3.8, 4) is 0 Å². The zero-order chi connectivity index (χ0) is 12.8. The van der Waals surface area contributed by atoms with E-state index in [1.54, 1.807) is 0 Å². The van der Waals surface area contributed by atoms with E-state index in [1.165, 1.54) is 5.56 Å². The molecule has 0 aromatic heterocycles. The smallest absolute Gasteiger partial charge is 0.237 e. The maximum Gasteiger partial charge on any atom is 0.237 e. The summed E-state index contributed by atoms with van der Waals surface area (Å²) >= 11 is 0. The van der Waals surface area contributed by atoms with Crippen LogP contribution in [-0.4, -0.2) is 11.9 Å². The molecule has 0 saturated heterocycles. The molecule has 94 valence electrons. The molecule has 3 N–H and O–H groups in total. The zero-order valence-corrected chi connectivity index (χ0v) is 10.9. The van der Waals surface area contributed by atoms with Crippen molar-refractivity contribution in [2.24, 2.45) is 5.73 Å². The first-order valence-corrected chi connectivity index (χ1v) is 6.17. The molecule has 0 aliphatic carbocycles. The second kappa shape index (κ2) is 6.40. The Bertz CT molecular complexity index is 376. The number of aryl methyl sites for hydroxylation is 1. The summed E-state index contributed by atoms with van der Waals surface area (Å²) in [6, 6.07) is 7.67. The van der Waals surface area contributed by atoms with Gasteiger partial charge in [0.25, 0.3) is 0 Å². The molecule has 1 aromatic carbocycles. The van der Waals surface area contributed by atoms with Crippen molar-refractivity contribution in [3.63, 3.8) is 0 Å². The molecule has 1 amide bonds. The Balaban J connectivity index is 2.63. The molecule has 1 aromatic rings. The number of carbonyl (C=O) groups excluding carboxylic acids is 1. The molecule has 2 atom stereocenters. The van der Waals surface area contributed by atoms with Crippen LogP contribution < -0.4 is 11.1 Å². The number of nitrogens with one attached hydrogen (secondary N) is 1. The van der Waals surface area contributed by atoms with Crippen LogP contribution in [0.1, 0.15) is 43.9 Å². The monoisotopic (exact) mass is 234 g/mol. The fraction of sp³-hybridized carbons (Fsp3) is 0.500. The van der Waals surface area contributed by atoms with Gasteiger partial charge in [-0.05, 0) is 31.4 Å². The van der Waals surface area contributed by atoms with Gasteiger partial charge in [-0.15, -0.1) is 0 Å². The van der Waals surface area contributed by atoms with E-state index in [-0.39, 0.29) is 11.9 Å². The summed E-state index contributed by atoms with van der Waals surface area (Å²) in [5.41, 5.74) is 8.11. The van der Waals surface area contributed by atoms with Crippen molar-refractivity contribution >= 4 is 5.91 Å². The first-order chi connectivity index (χ1) is 8.06. The summed E-state index contributed by atoms with van der Waals surface area (Å²) in [5.74, 6) is -0.0670. The predicted octanol–water partition coefficient (Wildman–Crippen LogP) is 2.30. The average Bonchev–Trinajstić information content (AvgIpc) is 2.29. The molecule has 0 heterocycles. The first-order valence-electron chi connectivity index (χ1n) is 6.17. The summed E-state index contributed by atoms with van der Waals surface area (Å²) in [5, 5.41) is 2.96. The molecule has 0 saturated carbocycles. The maximum atomic E-state index is 11.8. The molecule has 3 heteroatoms. The van der Waals surface area contributed by atoms with Gasteiger partial charge in [0.05, 0.1) is 12.1 Å². The zero-order valence-electron chi connectivity index (χ0n) is 10.9. The third-order valence-corrected chi connectivity index (χ3v) is 2.95. The van der Waals surface area contributed by atoms with Gasteiger partial charge in [-0.25, -0.2) is 0 Å². The van der Waals surface area contributed by atoms with E-state index >= 15 is 0 Å². The normalized spacial score (nSPS) is 14.1. The molecule has 17 heavy (non-hydrogen) atoms. The Morgan fingerprint density at radius 3 is 2.65 bits per heavy atom. The lowest BCUT2D eigenvalue weighted by Crippen LogP contribution is -2.41. The topological polar surface area (TPSA) is 55.1 Å². The number of amides is 1. The van der Waals surface area contributed by atoms with Gasteiger partial charge in [-0.1, -0.05) is 37.6 Å². The summed E-state index contributed by atoms with van der Waals surface area (Å²) in [4.78, 5) is 11.8. The molecule has 1 rings (SSSR count). The van der Waals surface area contributed by atoms with Crippen molar-refractivity contribution in [2.75, 3.05) is 0 Å². The second-order valence-corrected chi connectivity index (χ2v) is 4.48. The molecular weight excluding hydrogens is 212 g/mol. The highest BCUT2D eigenvalue weighted by atomic mass is 16.2. The van der Waals surface area contributed by atoms with Gasteiger partial charge in [0.2, 0.25) is 5.91 Å². The van der Waals surface area contributed by atoms with Crippen LogP contribution in [0.2, 0.25) is 0 Å². The standard InChI is InChI=1S/C14H22N2O/c1-4-7-13(15)14(17)16-11(3)12-9-6-5-8-10(12)2/h5-6,8-9,11,13H,4,7,15H2,1-3H3,(H,16,17)/t11?,13-/m1/s1. The molecule has 0 bridgehead atoms. The maximum absolute atomic E-state index is 11.8. The average molecular weight is 234 g/mol. The van der Waals surface area contributed by atoms with E-state index in [2.05, 4.69) is 5.32 Å². The van der Waals surface area contributed by atoms with Crippen LogP contribution in [-0.2, 0) is 4.79 Å². The Morgan fingerprint density at radius 2 is 2.06 bits per heavy atom. The number of rotatable bonds is 5. The number of benzene rings is 1. The van der Waals surface area contributed by atoms with Crippen LogP contribution >= 0.6 is 0 Å². The number of hydrogen-bond acceptors (Lipinski definition) is 2. The van der Waals surface area contributed by atoms with Gasteiger partial charge < -0.3 is 11.1 Å². The Hall–Kier alpha value is -1.35. The third-order valence-electron chi connectivity index (χ3n) is 2.95. The van der Waals surface area contributed by atoms with Gasteiger partial charge in [0.15, 0.2) is 0 Å². The molecule has 0 radical (unpaired) electrons. The highest BCUT2D eigenvalue weighted by Crippen LogP contribution is 2.16. The van der Waals surface area contributed by atoms with E-state index in [9.17, 15) is 4.79 Å². The van der Waals surface area contributed by atoms with Crippen LogP contribution in [0.4, 0.5) is 0 Å². The fourth-order valence-corrected chi connectivity index (χ4v) is 1.91. The SMILES string of the molecule is CCC[C@@H](N)C(=O)NC(C)c1ccccc1C. The van der Waals surface area contributed by atoms with Gasteiger partial charge in [-0.3, -0.25) is 4.79 Å². The van der Waals surface area contributed by atoms with Crippen molar-refractivity contribution < 1.29 is 4.79 Å². The second-order valence-electron chi connectivity index (χ2n) is 4.48. The minimum atomic E-state index is -0.397. The van der Waals surface area contributed by atoms with E-state index in [4.69, 9.17) is 5.73 Å². The lowest BCUT2D eigenvalue weighted by Gasteiger charge is -2.19. The van der Waals surface area contributed by atoms with E-state index < -0.39 is 6.04 Å². The predicted molar refractivity (Wildman–Crippen MR) is 70.6 cm³/mol. The molecule has 0 aliphatic heterocycles. The van der Waals surface area contributed by atoms with Gasteiger partial charge >= 0.3 is 0 Å². The summed E-state index contributed by atoms with van der Waals surface area (Å²) in [7, 11) is 0. The van der Waals surface area contributed by atoms with Gasteiger partial charge in [-0.2, -0.15) is 0 Å². The molecule has 0 spiro atoms. The highest BCUT2D eigenvalue weighted by molar-refractivity contribution is 5.81. The van der Waals surface area contributed by atoms with E-state index in [0.29, 0.717) is 0 Å². The Labute approximate surface area is 103 Å². The molecule has 1 unspecified atom stereocenters. The largest absolute Gasteiger partial charge is 0.348 e. The van der Waals surface area contributed by atoms with Crippen molar-refractivity contribution in [3.05, 3.63) is 35.4 Å². The fourth-order valence-electron chi connectivity index (χ4n) is 1.91. The number of hydrogen-bond donors (Lipinski definition) is 2. The van der Waals surface area contributed by atoms with Crippen LogP contribution in [0.25, 0.3) is 0 Å². The number of carbonyl (C=O) groups is 1. The summed E-state index contributed by atoms with van der Waals surface area (Å²) < 4.78 is 0. The first kappa shape index (κ1) is 13.7. The Kier molecular flexibility index (Phi) is 5.16. The van der Waals surface area contributed by atoms with Crippen LogP contribution in [0.15, 0.2) is 24.3 Å². The minimum absolute atomic E-state index is 0.00612. The Morgan fingerprint density at radius 1 is 1.41 bits per heavy atom. The molecule has 0 aliphatic rings. The quantitative estimate of drug-likeness (QED) is 0.821. The van der Waals surface area contributed by atoms with Crippen LogP contribution in [0.5, 0.6) is 0 Å². The van der Waals surface area contributed by atoms with Crippen LogP contribution in [0, 0.1) is 6.92 Å². The van der Waals surface area contributed by atoms with E-state index in [0.717, 1.165) is 18.4 Å². The van der Waals surface area contributed by atoms with E-state index in [1.807, 2.05) is 45.0 Å². The van der Waals surface area contributed by atoms with Gasteiger partial charge in [0, 0.05) is 0 Å². The lowest BCUT2D eigenvalue weighted by atomic mass is 10.0. The van der Waals surface area contributed by atoms with Crippen molar-refractivity contribution in [1.82, 2.24) is 5.32 Å². The highest BCUT2D eigenvalue weighted by Gasteiger charge is 2.16. The van der Waals surface area contributed by atoms with Crippen molar-refractivity contribution in [2.45, 2.75) is 45.7 Å². The van der Waals surface area contributed by atoms with Gasteiger partial charge in [0.1, 0.15) is 0 Å². The summed E-state index contributed by atoms with van der Waals surface area (Å²) in [6.07, 6.45) is 1.65.